The van der Waals surface area contributed by atoms with Crippen molar-refractivity contribution in [1.82, 2.24) is 5.32 Å². The molecule has 0 saturated carbocycles. The second-order valence-corrected chi connectivity index (χ2v) is 2.92. The minimum absolute atomic E-state index is 0.163. The molecule has 1 rings (SSSR count). The molecule has 5 nitrogen and oxygen atoms in total. The Bertz CT molecular complexity index is 271. The summed E-state index contributed by atoms with van der Waals surface area (Å²) in [6.45, 7) is 0.865. The summed E-state index contributed by atoms with van der Waals surface area (Å²) in [5.74, 6) is -1.54. The van der Waals surface area contributed by atoms with Gasteiger partial charge in [-0.15, -0.1) is 0 Å². The number of amides is 1. The average Bonchev–Trinajstić information content (AvgIpc) is 2.26. The molecule has 72 valence electrons. The Morgan fingerprint density at radius 2 is 2.31 bits per heavy atom. The minimum atomic E-state index is -1.10. The van der Waals surface area contributed by atoms with Gasteiger partial charge in [-0.1, -0.05) is 0 Å². The third-order valence-corrected chi connectivity index (χ3v) is 1.88. The maximum Gasteiger partial charge on any atom is 0.221 e. The van der Waals surface area contributed by atoms with Crippen LogP contribution < -0.4 is 5.32 Å². The number of hydrogen-bond acceptors (Lipinski definition) is 4. The SMILES string of the molecule is CC(=O)NC1=CC(=O)[C@@H](CO)[C@@H]1O. The third-order valence-electron chi connectivity index (χ3n) is 1.88. The van der Waals surface area contributed by atoms with Crippen LogP contribution in [0.5, 0.6) is 0 Å². The van der Waals surface area contributed by atoms with Gasteiger partial charge >= 0.3 is 0 Å². The van der Waals surface area contributed by atoms with E-state index in [1.165, 1.54) is 6.92 Å². The van der Waals surface area contributed by atoms with Crippen LogP contribution in [0.4, 0.5) is 0 Å². The lowest BCUT2D eigenvalue weighted by Crippen LogP contribution is -2.31. The van der Waals surface area contributed by atoms with Crippen molar-refractivity contribution < 1.29 is 19.8 Å². The van der Waals surface area contributed by atoms with Crippen molar-refractivity contribution in [3.05, 3.63) is 11.8 Å². The molecule has 0 heterocycles. The third kappa shape index (κ3) is 1.93. The lowest BCUT2D eigenvalue weighted by molar-refractivity contribution is -0.121. The molecular formula is C8H11NO4. The lowest BCUT2D eigenvalue weighted by Gasteiger charge is -2.13. The van der Waals surface area contributed by atoms with E-state index >= 15 is 0 Å². The highest BCUT2D eigenvalue weighted by Gasteiger charge is 2.34. The molecule has 1 amide bonds. The van der Waals surface area contributed by atoms with E-state index in [9.17, 15) is 14.7 Å². The van der Waals surface area contributed by atoms with Crippen molar-refractivity contribution in [1.29, 1.82) is 0 Å². The first-order valence-corrected chi connectivity index (χ1v) is 3.88. The lowest BCUT2D eigenvalue weighted by atomic mass is 10.1. The Hall–Kier alpha value is -1.20. The van der Waals surface area contributed by atoms with Gasteiger partial charge in [0.15, 0.2) is 5.78 Å². The maximum atomic E-state index is 11.1. The summed E-state index contributed by atoms with van der Waals surface area (Å²) in [4.78, 5) is 21.7. The fraction of sp³-hybridized carbons (Fsp3) is 0.500. The second kappa shape index (κ2) is 3.68. The van der Waals surface area contributed by atoms with Crippen molar-refractivity contribution in [3.63, 3.8) is 0 Å². The zero-order valence-electron chi connectivity index (χ0n) is 7.15. The molecule has 3 N–H and O–H groups in total. The number of nitrogens with one attached hydrogen (secondary N) is 1. The van der Waals surface area contributed by atoms with Crippen LogP contribution in [0.15, 0.2) is 11.8 Å². The van der Waals surface area contributed by atoms with Crippen LogP contribution in [0, 0.1) is 5.92 Å². The summed E-state index contributed by atoms with van der Waals surface area (Å²) < 4.78 is 0. The number of allylic oxidation sites excluding steroid dienone is 1. The molecule has 0 unspecified atom stereocenters. The molecule has 1 aliphatic rings. The molecule has 0 saturated heterocycles. The largest absolute Gasteiger partial charge is 0.395 e. The van der Waals surface area contributed by atoms with E-state index < -0.39 is 18.6 Å². The first-order valence-electron chi connectivity index (χ1n) is 3.88. The zero-order chi connectivity index (χ0) is 10.0. The van der Waals surface area contributed by atoms with E-state index in [1.54, 1.807) is 0 Å². The number of aliphatic hydroxyl groups is 2. The van der Waals surface area contributed by atoms with Crippen molar-refractivity contribution >= 4 is 11.7 Å². The normalized spacial score (nSPS) is 27.3. The highest BCUT2D eigenvalue weighted by Crippen LogP contribution is 2.20. The summed E-state index contributed by atoms with van der Waals surface area (Å²) in [6.07, 6.45) is 0.0499. The van der Waals surface area contributed by atoms with Crippen LogP contribution in [-0.2, 0) is 9.59 Å². The Morgan fingerprint density at radius 3 is 2.69 bits per heavy atom. The Kier molecular flexibility index (Phi) is 2.79. The fourth-order valence-corrected chi connectivity index (χ4v) is 1.22. The molecule has 0 aromatic heterocycles. The summed E-state index contributed by atoms with van der Waals surface area (Å²) in [5.41, 5.74) is 0.163. The monoisotopic (exact) mass is 185 g/mol. The molecule has 0 spiro atoms. The molecule has 1 aliphatic carbocycles. The summed E-state index contributed by atoms with van der Waals surface area (Å²) in [7, 11) is 0. The Balaban J connectivity index is 2.73. The van der Waals surface area contributed by atoms with Crippen LogP contribution in [-0.4, -0.2) is 34.6 Å². The Labute approximate surface area is 75.1 Å². The molecule has 5 heteroatoms. The number of carbonyl (C=O) groups is 2. The molecule has 0 radical (unpaired) electrons. The summed E-state index contributed by atoms with van der Waals surface area (Å²) in [5, 5.41) is 20.5. The Morgan fingerprint density at radius 1 is 1.69 bits per heavy atom. The van der Waals surface area contributed by atoms with E-state index in [2.05, 4.69) is 5.32 Å². The number of carbonyl (C=O) groups excluding carboxylic acids is 2. The molecule has 0 bridgehead atoms. The van der Waals surface area contributed by atoms with Crippen LogP contribution in [0.1, 0.15) is 6.92 Å². The quantitative estimate of drug-likeness (QED) is 0.491. The van der Waals surface area contributed by atoms with Gasteiger partial charge in [-0.3, -0.25) is 9.59 Å². The van der Waals surface area contributed by atoms with Crippen molar-refractivity contribution in [3.8, 4) is 0 Å². The van der Waals surface area contributed by atoms with Crippen LogP contribution >= 0.6 is 0 Å². The molecule has 0 aromatic rings. The summed E-state index contributed by atoms with van der Waals surface area (Å²) in [6, 6.07) is 0. The highest BCUT2D eigenvalue weighted by atomic mass is 16.3. The van der Waals surface area contributed by atoms with Crippen LogP contribution in [0.2, 0.25) is 0 Å². The predicted molar refractivity (Wildman–Crippen MR) is 43.5 cm³/mol. The number of rotatable bonds is 2. The zero-order valence-corrected chi connectivity index (χ0v) is 7.15. The van der Waals surface area contributed by atoms with Crippen molar-refractivity contribution in [2.24, 2.45) is 5.92 Å². The number of ketones is 1. The standard InChI is InChI=1S/C8H11NO4/c1-4(11)9-6-2-7(12)5(3-10)8(6)13/h2,5,8,10,13H,3H2,1H3,(H,9,11)/t5-,8+/m1/s1. The van der Waals surface area contributed by atoms with Gasteiger partial charge in [0.05, 0.1) is 18.2 Å². The van der Waals surface area contributed by atoms with E-state index in [0.717, 1.165) is 6.08 Å². The van der Waals surface area contributed by atoms with Crippen molar-refractivity contribution in [2.45, 2.75) is 13.0 Å². The first kappa shape index (κ1) is 9.88. The molecule has 0 aliphatic heterocycles. The van der Waals surface area contributed by atoms with Gasteiger partial charge in [0, 0.05) is 13.0 Å². The van der Waals surface area contributed by atoms with Crippen molar-refractivity contribution in [2.75, 3.05) is 6.61 Å². The average molecular weight is 185 g/mol. The van der Waals surface area contributed by atoms with Gasteiger partial charge in [-0.25, -0.2) is 0 Å². The minimum Gasteiger partial charge on any atom is -0.395 e. The number of aliphatic hydroxyl groups excluding tert-OH is 2. The summed E-state index contributed by atoms with van der Waals surface area (Å²) >= 11 is 0. The topological polar surface area (TPSA) is 86.6 Å². The maximum absolute atomic E-state index is 11.1. The van der Waals surface area contributed by atoms with E-state index in [1.807, 2.05) is 0 Å². The first-order chi connectivity index (χ1) is 6.06. The van der Waals surface area contributed by atoms with Gasteiger partial charge in [-0.2, -0.15) is 0 Å². The smallest absolute Gasteiger partial charge is 0.221 e. The predicted octanol–water partition coefficient (Wildman–Crippen LogP) is -1.44. The van der Waals surface area contributed by atoms with Gasteiger partial charge in [0.25, 0.3) is 0 Å². The van der Waals surface area contributed by atoms with Crippen LogP contribution in [0.25, 0.3) is 0 Å². The number of hydrogen-bond donors (Lipinski definition) is 3. The van der Waals surface area contributed by atoms with E-state index in [0.29, 0.717) is 0 Å². The molecule has 13 heavy (non-hydrogen) atoms. The molecule has 0 aromatic carbocycles. The van der Waals surface area contributed by atoms with Gasteiger partial charge in [-0.05, 0) is 0 Å². The van der Waals surface area contributed by atoms with Gasteiger partial charge in [0.2, 0.25) is 5.91 Å². The fourth-order valence-electron chi connectivity index (χ4n) is 1.22. The molecule has 2 atom stereocenters. The van der Waals surface area contributed by atoms with E-state index in [-0.39, 0.29) is 17.4 Å². The van der Waals surface area contributed by atoms with Gasteiger partial charge in [0.1, 0.15) is 6.10 Å². The van der Waals surface area contributed by atoms with Gasteiger partial charge < -0.3 is 15.5 Å². The molecular weight excluding hydrogens is 174 g/mol. The second-order valence-electron chi connectivity index (χ2n) is 2.92. The van der Waals surface area contributed by atoms with Crippen LogP contribution in [0.3, 0.4) is 0 Å². The highest BCUT2D eigenvalue weighted by molar-refractivity contribution is 5.97. The molecule has 0 fully saturated rings. The van der Waals surface area contributed by atoms with E-state index in [4.69, 9.17) is 5.11 Å².